The highest BCUT2D eigenvalue weighted by Gasteiger charge is 2.13. The molecule has 0 aromatic carbocycles. The van der Waals surface area contributed by atoms with E-state index in [4.69, 9.17) is 5.84 Å². The number of aromatic nitrogens is 2. The number of nitrogens with zero attached hydrogens (tertiary/aromatic N) is 3. The quantitative estimate of drug-likeness (QED) is 0.621. The van der Waals surface area contributed by atoms with E-state index in [0.29, 0.717) is 0 Å². The largest absolute Gasteiger partial charge is 0.313 e. The molecule has 3 N–H and O–H groups in total. The molecular formula is C10H19N5S. The van der Waals surface area contributed by atoms with Crippen LogP contribution in [0.1, 0.15) is 37.8 Å². The summed E-state index contributed by atoms with van der Waals surface area (Å²) >= 11 is 1.32. The molecule has 16 heavy (non-hydrogen) atoms. The van der Waals surface area contributed by atoms with Gasteiger partial charge >= 0.3 is 0 Å². The Morgan fingerprint density at radius 3 is 2.56 bits per heavy atom. The van der Waals surface area contributed by atoms with Crippen molar-refractivity contribution in [1.29, 1.82) is 0 Å². The third kappa shape index (κ3) is 3.13. The molecule has 2 rings (SSSR count). The highest BCUT2D eigenvalue weighted by molar-refractivity contribution is 7.10. The maximum Gasteiger partial charge on any atom is 0.148 e. The Morgan fingerprint density at radius 1 is 1.19 bits per heavy atom. The monoisotopic (exact) mass is 241 g/mol. The van der Waals surface area contributed by atoms with E-state index in [0.717, 1.165) is 17.2 Å². The molecule has 0 unspecified atom stereocenters. The molecule has 1 fully saturated rings. The van der Waals surface area contributed by atoms with Crippen molar-refractivity contribution in [2.24, 2.45) is 5.84 Å². The third-order valence-corrected chi connectivity index (χ3v) is 3.71. The number of nitrogens with one attached hydrogen (secondary N) is 1. The van der Waals surface area contributed by atoms with Gasteiger partial charge < -0.3 is 5.43 Å². The summed E-state index contributed by atoms with van der Waals surface area (Å²) in [6.45, 7) is 3.21. The first kappa shape index (κ1) is 11.8. The summed E-state index contributed by atoms with van der Waals surface area (Å²) in [4.78, 5) is 2.46. The van der Waals surface area contributed by atoms with Crippen molar-refractivity contribution in [2.45, 2.75) is 38.6 Å². The van der Waals surface area contributed by atoms with E-state index in [1.807, 2.05) is 0 Å². The fourth-order valence-corrected chi connectivity index (χ4v) is 2.59. The van der Waals surface area contributed by atoms with E-state index in [2.05, 4.69) is 19.9 Å². The standard InChI is InChI=1S/C10H19N5S/c11-12-10-9(13-14-16-10)8-15-6-4-2-1-3-5-7-15/h12H,1-8,11H2. The highest BCUT2D eigenvalue weighted by Crippen LogP contribution is 2.19. The van der Waals surface area contributed by atoms with E-state index in [-0.39, 0.29) is 0 Å². The van der Waals surface area contributed by atoms with Crippen molar-refractivity contribution >= 4 is 16.5 Å². The van der Waals surface area contributed by atoms with Crippen LogP contribution < -0.4 is 11.3 Å². The second-order valence-corrected chi connectivity index (χ2v) is 4.99. The summed E-state index contributed by atoms with van der Waals surface area (Å²) in [5.74, 6) is 5.42. The van der Waals surface area contributed by atoms with E-state index < -0.39 is 0 Å². The van der Waals surface area contributed by atoms with Gasteiger partial charge in [0.25, 0.3) is 0 Å². The fraction of sp³-hybridized carbons (Fsp3) is 0.800. The molecular weight excluding hydrogens is 222 g/mol. The average molecular weight is 241 g/mol. The molecule has 5 nitrogen and oxygen atoms in total. The number of hydrazine groups is 1. The molecule has 1 aliphatic rings. The van der Waals surface area contributed by atoms with Gasteiger partial charge in [-0.3, -0.25) is 4.90 Å². The Labute approximate surface area is 100 Å². The summed E-state index contributed by atoms with van der Waals surface area (Å²) in [7, 11) is 0. The molecule has 0 bridgehead atoms. The lowest BCUT2D eigenvalue weighted by Crippen LogP contribution is -2.27. The van der Waals surface area contributed by atoms with Gasteiger partial charge in [0.05, 0.1) is 0 Å². The van der Waals surface area contributed by atoms with Gasteiger partial charge in [0.15, 0.2) is 0 Å². The van der Waals surface area contributed by atoms with Crippen molar-refractivity contribution < 1.29 is 0 Å². The molecule has 1 aliphatic heterocycles. The van der Waals surface area contributed by atoms with E-state index in [1.54, 1.807) is 0 Å². The van der Waals surface area contributed by atoms with Gasteiger partial charge in [-0.15, -0.1) is 5.10 Å². The summed E-state index contributed by atoms with van der Waals surface area (Å²) in [6.07, 6.45) is 6.69. The average Bonchev–Trinajstić information content (AvgIpc) is 2.69. The first-order valence-corrected chi connectivity index (χ1v) is 6.67. The van der Waals surface area contributed by atoms with Crippen LogP contribution in [0.2, 0.25) is 0 Å². The molecule has 0 aliphatic carbocycles. The topological polar surface area (TPSA) is 67.1 Å². The van der Waals surface area contributed by atoms with Crippen LogP contribution >= 0.6 is 11.5 Å². The van der Waals surface area contributed by atoms with Gasteiger partial charge in [-0.2, -0.15) is 0 Å². The predicted molar refractivity (Wildman–Crippen MR) is 66.1 cm³/mol. The summed E-state index contributed by atoms with van der Waals surface area (Å²) in [6, 6.07) is 0. The first-order chi connectivity index (χ1) is 7.90. The Balaban J connectivity index is 1.91. The molecule has 90 valence electrons. The smallest absolute Gasteiger partial charge is 0.148 e. The zero-order valence-corrected chi connectivity index (χ0v) is 10.3. The molecule has 0 radical (unpaired) electrons. The van der Waals surface area contributed by atoms with E-state index in [1.165, 1.54) is 56.7 Å². The van der Waals surface area contributed by atoms with Crippen LogP contribution in [0, 0.1) is 0 Å². The minimum Gasteiger partial charge on any atom is -0.313 e. The Hall–Kier alpha value is -0.720. The number of nitrogen functional groups attached to an aromatic ring is 1. The number of rotatable bonds is 3. The second kappa shape index (κ2) is 6.12. The van der Waals surface area contributed by atoms with Crippen molar-refractivity contribution in [1.82, 2.24) is 14.5 Å². The van der Waals surface area contributed by atoms with Crippen LogP contribution in [0.5, 0.6) is 0 Å². The molecule has 1 aromatic heterocycles. The molecule has 0 amide bonds. The van der Waals surface area contributed by atoms with Crippen molar-refractivity contribution in [3.63, 3.8) is 0 Å². The van der Waals surface area contributed by atoms with E-state index >= 15 is 0 Å². The normalized spacial score (nSPS) is 19.1. The maximum atomic E-state index is 5.42. The molecule has 1 aromatic rings. The minimum absolute atomic E-state index is 0.871. The summed E-state index contributed by atoms with van der Waals surface area (Å²) < 4.78 is 3.92. The number of nitrogens with two attached hydrogens (primary N) is 1. The van der Waals surface area contributed by atoms with Crippen LogP contribution in [-0.2, 0) is 6.54 Å². The van der Waals surface area contributed by atoms with Gasteiger partial charge in [0, 0.05) is 18.1 Å². The Bertz CT molecular complexity index is 306. The SMILES string of the molecule is NNc1snnc1CN1CCCCCCC1. The minimum atomic E-state index is 0.871. The lowest BCUT2D eigenvalue weighted by molar-refractivity contribution is 0.237. The van der Waals surface area contributed by atoms with Gasteiger partial charge in [-0.25, -0.2) is 5.84 Å². The zero-order chi connectivity index (χ0) is 11.2. The van der Waals surface area contributed by atoms with Crippen LogP contribution in [0.15, 0.2) is 0 Å². The zero-order valence-electron chi connectivity index (χ0n) is 9.48. The number of hydrogen-bond donors (Lipinski definition) is 2. The number of likely N-dealkylation sites (tertiary alicyclic amines) is 1. The van der Waals surface area contributed by atoms with Gasteiger partial charge in [0.1, 0.15) is 10.7 Å². The number of hydrogen-bond acceptors (Lipinski definition) is 6. The van der Waals surface area contributed by atoms with Crippen molar-refractivity contribution in [3.05, 3.63) is 5.69 Å². The maximum absolute atomic E-state index is 5.42. The fourth-order valence-electron chi connectivity index (χ4n) is 2.10. The van der Waals surface area contributed by atoms with Gasteiger partial charge in [0.2, 0.25) is 0 Å². The predicted octanol–water partition coefficient (Wildman–Crippen LogP) is 1.59. The second-order valence-electron chi connectivity index (χ2n) is 4.24. The third-order valence-electron chi connectivity index (χ3n) is 3.01. The Morgan fingerprint density at radius 2 is 1.88 bits per heavy atom. The van der Waals surface area contributed by atoms with Crippen LogP contribution in [0.3, 0.4) is 0 Å². The van der Waals surface area contributed by atoms with Crippen molar-refractivity contribution in [2.75, 3.05) is 18.5 Å². The van der Waals surface area contributed by atoms with Crippen LogP contribution in [-0.4, -0.2) is 27.6 Å². The molecule has 2 heterocycles. The van der Waals surface area contributed by atoms with E-state index in [9.17, 15) is 0 Å². The highest BCUT2D eigenvalue weighted by atomic mass is 32.1. The van der Waals surface area contributed by atoms with Crippen LogP contribution in [0.4, 0.5) is 5.00 Å². The number of anilines is 1. The molecule has 0 atom stereocenters. The van der Waals surface area contributed by atoms with Gasteiger partial charge in [-0.1, -0.05) is 23.8 Å². The van der Waals surface area contributed by atoms with Crippen molar-refractivity contribution in [3.8, 4) is 0 Å². The lowest BCUT2D eigenvalue weighted by Gasteiger charge is -2.23. The summed E-state index contributed by atoms with van der Waals surface area (Å²) in [5.41, 5.74) is 3.64. The Kier molecular flexibility index (Phi) is 4.50. The first-order valence-electron chi connectivity index (χ1n) is 5.90. The summed E-state index contributed by atoms with van der Waals surface area (Å²) in [5, 5.41) is 5.01. The lowest BCUT2D eigenvalue weighted by atomic mass is 10.1. The molecule has 1 saturated heterocycles. The molecule has 6 heteroatoms. The molecule has 0 spiro atoms. The molecule has 0 saturated carbocycles. The van der Waals surface area contributed by atoms with Gasteiger partial charge in [-0.05, 0) is 25.9 Å². The van der Waals surface area contributed by atoms with Crippen LogP contribution in [0.25, 0.3) is 0 Å².